The Bertz CT molecular complexity index is 297. The molecular weight excluding hydrogens is 275 g/mol. The van der Waals surface area contributed by atoms with E-state index in [0.29, 0.717) is 0 Å². The van der Waals surface area contributed by atoms with Gasteiger partial charge in [0.25, 0.3) is 0 Å². The third kappa shape index (κ3) is 2.64. The number of nitrogens with two attached hydrogens (primary N) is 1. The van der Waals surface area contributed by atoms with E-state index < -0.39 is 0 Å². The molecule has 1 aliphatic carbocycles. The third-order valence-electron chi connectivity index (χ3n) is 2.41. The first-order chi connectivity index (χ1) is 6.25. The van der Waals surface area contributed by atoms with Gasteiger partial charge >= 0.3 is 0 Å². The lowest BCUT2D eigenvalue weighted by Crippen LogP contribution is -2.12. The predicted molar refractivity (Wildman–Crippen MR) is 61.2 cm³/mol. The van der Waals surface area contributed by atoms with E-state index >= 15 is 0 Å². The molecule has 0 amide bonds. The van der Waals surface area contributed by atoms with E-state index in [1.807, 2.05) is 12.3 Å². The number of pyridine rings is 1. The summed E-state index contributed by atoms with van der Waals surface area (Å²) in [6.07, 6.45) is 5.66. The normalized spacial score (nSPS) is 18.6. The van der Waals surface area contributed by atoms with Crippen molar-refractivity contribution >= 4 is 22.6 Å². The molecule has 2 rings (SSSR count). The Morgan fingerprint density at radius 1 is 1.62 bits per heavy atom. The Labute approximate surface area is 92.1 Å². The molecule has 0 unspecified atom stereocenters. The second-order valence-corrected chi connectivity index (χ2v) is 4.93. The van der Waals surface area contributed by atoms with E-state index in [1.54, 1.807) is 0 Å². The maximum absolute atomic E-state index is 6.04. The van der Waals surface area contributed by atoms with Crippen LogP contribution in [-0.4, -0.2) is 4.98 Å². The molecule has 2 nitrogen and oxygen atoms in total. The Morgan fingerprint density at radius 3 is 3.00 bits per heavy atom. The van der Waals surface area contributed by atoms with Gasteiger partial charge in [-0.25, -0.2) is 0 Å². The van der Waals surface area contributed by atoms with Crippen LogP contribution in [0.4, 0.5) is 0 Å². The van der Waals surface area contributed by atoms with E-state index in [9.17, 15) is 0 Å². The van der Waals surface area contributed by atoms with Crippen molar-refractivity contribution in [3.63, 3.8) is 0 Å². The van der Waals surface area contributed by atoms with Gasteiger partial charge in [-0.05, 0) is 47.1 Å². The minimum absolute atomic E-state index is 0.141. The lowest BCUT2D eigenvalue weighted by Gasteiger charge is -2.09. The molecule has 13 heavy (non-hydrogen) atoms. The first-order valence-electron chi connectivity index (χ1n) is 4.63. The first kappa shape index (κ1) is 9.40. The average molecular weight is 288 g/mol. The highest BCUT2D eigenvalue weighted by molar-refractivity contribution is 14.1. The zero-order valence-electron chi connectivity index (χ0n) is 7.41. The van der Waals surface area contributed by atoms with Gasteiger partial charge in [0.05, 0.1) is 5.69 Å². The van der Waals surface area contributed by atoms with Gasteiger partial charge in [0.15, 0.2) is 0 Å². The summed E-state index contributed by atoms with van der Waals surface area (Å²) in [5.41, 5.74) is 7.08. The van der Waals surface area contributed by atoms with E-state index in [0.717, 1.165) is 18.0 Å². The van der Waals surface area contributed by atoms with Crippen LogP contribution in [-0.2, 0) is 0 Å². The molecule has 1 aromatic rings. The summed E-state index contributed by atoms with van der Waals surface area (Å²) in [5.74, 6) is 0.870. The molecule has 0 bridgehead atoms. The molecule has 0 saturated heterocycles. The van der Waals surface area contributed by atoms with Crippen molar-refractivity contribution in [3.05, 3.63) is 27.6 Å². The van der Waals surface area contributed by atoms with Crippen LogP contribution >= 0.6 is 22.6 Å². The van der Waals surface area contributed by atoms with Crippen molar-refractivity contribution in [3.8, 4) is 0 Å². The second-order valence-electron chi connectivity index (χ2n) is 3.68. The third-order valence-corrected chi connectivity index (χ3v) is 3.08. The summed E-state index contributed by atoms with van der Waals surface area (Å²) in [4.78, 5) is 4.29. The number of rotatable bonds is 3. The lowest BCUT2D eigenvalue weighted by atomic mass is 10.1. The fraction of sp³-hybridized carbons (Fsp3) is 0.500. The largest absolute Gasteiger partial charge is 0.323 e. The van der Waals surface area contributed by atoms with Crippen LogP contribution in [0.15, 0.2) is 18.3 Å². The SMILES string of the molecule is N[C@H](CC1CC1)c1cc(I)ccn1. The highest BCUT2D eigenvalue weighted by Crippen LogP contribution is 2.36. The maximum atomic E-state index is 6.04. The van der Waals surface area contributed by atoms with E-state index in [1.165, 1.54) is 16.4 Å². The number of halogens is 1. The predicted octanol–water partition coefficient (Wildman–Crippen LogP) is 2.49. The summed E-state index contributed by atoms with van der Waals surface area (Å²) in [6.45, 7) is 0. The molecule has 2 N–H and O–H groups in total. The summed E-state index contributed by atoms with van der Waals surface area (Å²) in [7, 11) is 0. The average Bonchev–Trinajstić information content (AvgIpc) is 2.88. The molecule has 1 atom stereocenters. The summed E-state index contributed by atoms with van der Waals surface area (Å²) in [6, 6.07) is 4.21. The summed E-state index contributed by atoms with van der Waals surface area (Å²) < 4.78 is 1.22. The summed E-state index contributed by atoms with van der Waals surface area (Å²) in [5, 5.41) is 0. The molecule has 1 saturated carbocycles. The molecule has 1 fully saturated rings. The standard InChI is InChI=1S/C10H13IN2/c11-8-3-4-13-10(6-8)9(12)5-7-1-2-7/h3-4,6-7,9H,1-2,5,12H2/t9-/m1/s1. The van der Waals surface area contributed by atoms with Crippen molar-refractivity contribution in [1.29, 1.82) is 0 Å². The van der Waals surface area contributed by atoms with Crippen LogP contribution in [0.25, 0.3) is 0 Å². The van der Waals surface area contributed by atoms with E-state index in [-0.39, 0.29) is 6.04 Å². The monoisotopic (exact) mass is 288 g/mol. The number of hydrogen-bond acceptors (Lipinski definition) is 2. The zero-order chi connectivity index (χ0) is 9.26. The van der Waals surface area contributed by atoms with Crippen molar-refractivity contribution in [1.82, 2.24) is 4.98 Å². The maximum Gasteiger partial charge on any atom is 0.0581 e. The Kier molecular flexibility index (Phi) is 2.83. The van der Waals surface area contributed by atoms with Crippen molar-refractivity contribution in [2.24, 2.45) is 11.7 Å². The topological polar surface area (TPSA) is 38.9 Å². The molecule has 0 aromatic carbocycles. The molecule has 1 heterocycles. The van der Waals surface area contributed by atoms with Gasteiger partial charge in [0, 0.05) is 15.8 Å². The lowest BCUT2D eigenvalue weighted by molar-refractivity contribution is 0.583. The molecular formula is C10H13IN2. The second kappa shape index (κ2) is 3.92. The van der Waals surface area contributed by atoms with Crippen LogP contribution in [0.2, 0.25) is 0 Å². The van der Waals surface area contributed by atoms with Gasteiger partial charge in [-0.3, -0.25) is 4.98 Å². The highest BCUT2D eigenvalue weighted by Gasteiger charge is 2.24. The van der Waals surface area contributed by atoms with E-state index in [4.69, 9.17) is 5.73 Å². The molecule has 1 aliphatic rings. The van der Waals surface area contributed by atoms with Crippen LogP contribution in [0, 0.1) is 9.49 Å². The van der Waals surface area contributed by atoms with Crippen molar-refractivity contribution in [2.75, 3.05) is 0 Å². The Hall–Kier alpha value is -0.160. The fourth-order valence-electron chi connectivity index (χ4n) is 1.46. The smallest absolute Gasteiger partial charge is 0.0581 e. The van der Waals surface area contributed by atoms with E-state index in [2.05, 4.69) is 33.6 Å². The molecule has 70 valence electrons. The van der Waals surface area contributed by atoms with Crippen LogP contribution < -0.4 is 5.73 Å². The van der Waals surface area contributed by atoms with Crippen LogP contribution in [0.5, 0.6) is 0 Å². The molecule has 1 aromatic heterocycles. The van der Waals surface area contributed by atoms with Gasteiger partial charge in [0.2, 0.25) is 0 Å². The quantitative estimate of drug-likeness (QED) is 0.868. The van der Waals surface area contributed by atoms with Crippen molar-refractivity contribution in [2.45, 2.75) is 25.3 Å². The van der Waals surface area contributed by atoms with Gasteiger partial charge in [0.1, 0.15) is 0 Å². The minimum atomic E-state index is 0.141. The number of nitrogens with zero attached hydrogens (tertiary/aromatic N) is 1. The zero-order valence-corrected chi connectivity index (χ0v) is 9.57. The molecule has 3 heteroatoms. The van der Waals surface area contributed by atoms with Crippen molar-refractivity contribution < 1.29 is 0 Å². The molecule has 0 aliphatic heterocycles. The molecule has 0 spiro atoms. The van der Waals surface area contributed by atoms with Gasteiger partial charge < -0.3 is 5.73 Å². The minimum Gasteiger partial charge on any atom is -0.323 e. The van der Waals surface area contributed by atoms with Gasteiger partial charge in [-0.2, -0.15) is 0 Å². The van der Waals surface area contributed by atoms with Crippen LogP contribution in [0.1, 0.15) is 31.0 Å². The summed E-state index contributed by atoms with van der Waals surface area (Å²) >= 11 is 2.29. The Morgan fingerprint density at radius 2 is 2.38 bits per heavy atom. The highest BCUT2D eigenvalue weighted by atomic mass is 127. The Balaban J connectivity index is 2.04. The number of aromatic nitrogens is 1. The molecule has 0 radical (unpaired) electrons. The number of hydrogen-bond donors (Lipinski definition) is 1. The fourth-order valence-corrected chi connectivity index (χ4v) is 1.94. The first-order valence-corrected chi connectivity index (χ1v) is 5.70. The van der Waals surface area contributed by atoms with Gasteiger partial charge in [-0.15, -0.1) is 0 Å². The van der Waals surface area contributed by atoms with Crippen LogP contribution in [0.3, 0.4) is 0 Å². The van der Waals surface area contributed by atoms with Gasteiger partial charge in [-0.1, -0.05) is 12.8 Å².